The Morgan fingerprint density at radius 3 is 3.14 bits per heavy atom. The van der Waals surface area contributed by atoms with Gasteiger partial charge in [0.2, 0.25) is 11.8 Å². The second-order valence-electron chi connectivity index (χ2n) is 5.91. The molecule has 4 rings (SSSR count). The molecule has 1 amide bonds. The number of piperazine rings is 1. The van der Waals surface area contributed by atoms with Gasteiger partial charge >= 0.3 is 0 Å². The largest absolute Gasteiger partial charge is 0.419 e. The zero-order valence-electron chi connectivity index (χ0n) is 12.2. The molecule has 1 aliphatic heterocycles. The number of amides is 1. The van der Waals surface area contributed by atoms with Crippen LogP contribution in [-0.4, -0.2) is 39.6 Å². The number of rotatable bonds is 3. The summed E-state index contributed by atoms with van der Waals surface area (Å²) >= 11 is 1.58. The van der Waals surface area contributed by atoms with Crippen molar-refractivity contribution < 1.29 is 9.21 Å². The van der Waals surface area contributed by atoms with Crippen molar-refractivity contribution in [1.29, 1.82) is 0 Å². The van der Waals surface area contributed by atoms with Crippen molar-refractivity contribution >= 4 is 17.2 Å². The molecule has 7 heteroatoms. The first-order chi connectivity index (χ1) is 10.8. The summed E-state index contributed by atoms with van der Waals surface area (Å²) in [5.74, 6) is 1.25. The lowest BCUT2D eigenvalue weighted by Gasteiger charge is -2.43. The Hall–Kier alpha value is -1.73. The molecule has 1 saturated carbocycles. The molecule has 1 N–H and O–H groups in total. The van der Waals surface area contributed by atoms with E-state index in [9.17, 15) is 4.79 Å². The van der Waals surface area contributed by atoms with Gasteiger partial charge in [0.1, 0.15) is 0 Å². The summed E-state index contributed by atoms with van der Waals surface area (Å²) in [5.41, 5.74) is 0. The summed E-state index contributed by atoms with van der Waals surface area (Å²) in [6.45, 7) is 0.963. The lowest BCUT2D eigenvalue weighted by Crippen LogP contribution is -2.61. The number of hydrogen-bond acceptors (Lipinski definition) is 6. The Morgan fingerprint density at radius 2 is 2.27 bits per heavy atom. The zero-order valence-corrected chi connectivity index (χ0v) is 13.0. The molecule has 1 saturated heterocycles. The number of nitrogens with one attached hydrogen (secondary N) is 1. The molecule has 0 bridgehead atoms. The minimum Gasteiger partial charge on any atom is -0.419 e. The first kappa shape index (κ1) is 13.9. The maximum atomic E-state index is 11.9. The van der Waals surface area contributed by atoms with E-state index in [1.165, 1.54) is 12.8 Å². The molecule has 6 nitrogen and oxygen atoms in total. The van der Waals surface area contributed by atoms with Crippen molar-refractivity contribution in [3.63, 3.8) is 0 Å². The van der Waals surface area contributed by atoms with Crippen molar-refractivity contribution in [3.05, 3.63) is 23.4 Å². The molecule has 2 aromatic heterocycles. The van der Waals surface area contributed by atoms with Gasteiger partial charge < -0.3 is 9.73 Å². The van der Waals surface area contributed by atoms with Crippen LogP contribution in [0.3, 0.4) is 0 Å². The van der Waals surface area contributed by atoms with Gasteiger partial charge in [0.25, 0.3) is 5.89 Å². The summed E-state index contributed by atoms with van der Waals surface area (Å²) in [6.07, 6.45) is 4.60. The third-order valence-corrected chi connectivity index (χ3v) is 5.29. The van der Waals surface area contributed by atoms with E-state index >= 15 is 0 Å². The van der Waals surface area contributed by atoms with Gasteiger partial charge in [-0.25, -0.2) is 0 Å². The summed E-state index contributed by atoms with van der Waals surface area (Å²) < 4.78 is 5.76. The molecule has 0 spiro atoms. The van der Waals surface area contributed by atoms with Crippen LogP contribution in [0.25, 0.3) is 10.8 Å². The van der Waals surface area contributed by atoms with Crippen LogP contribution in [0.4, 0.5) is 0 Å². The fourth-order valence-electron chi connectivity index (χ4n) is 3.44. The maximum Gasteiger partial charge on any atom is 0.257 e. The first-order valence-corrected chi connectivity index (χ1v) is 8.57. The average molecular weight is 318 g/mol. The van der Waals surface area contributed by atoms with E-state index in [0.717, 1.165) is 17.7 Å². The number of carbonyl (C=O) groups excluding carboxylic acids is 1. The Bertz CT molecular complexity index is 654. The molecule has 22 heavy (non-hydrogen) atoms. The Balaban J connectivity index is 1.51. The fourth-order valence-corrected chi connectivity index (χ4v) is 4.08. The van der Waals surface area contributed by atoms with Gasteiger partial charge in [0.05, 0.1) is 18.0 Å². The predicted octanol–water partition coefficient (Wildman–Crippen LogP) is 2.04. The lowest BCUT2D eigenvalue weighted by molar-refractivity contribution is -0.128. The lowest BCUT2D eigenvalue weighted by atomic mass is 9.87. The summed E-state index contributed by atoms with van der Waals surface area (Å²) in [7, 11) is 0. The number of carbonyl (C=O) groups is 1. The molecule has 2 aromatic rings. The number of fused-ring (bicyclic) bond motifs is 1. The third kappa shape index (κ3) is 2.66. The van der Waals surface area contributed by atoms with Crippen molar-refractivity contribution in [2.24, 2.45) is 0 Å². The Labute approximate surface area is 132 Å². The molecule has 2 unspecified atom stereocenters. The highest BCUT2D eigenvalue weighted by Gasteiger charge is 2.36. The van der Waals surface area contributed by atoms with Gasteiger partial charge in [0, 0.05) is 12.1 Å². The predicted molar refractivity (Wildman–Crippen MR) is 82.2 cm³/mol. The minimum atomic E-state index is 0.0983. The number of hydrogen-bond donors (Lipinski definition) is 1. The van der Waals surface area contributed by atoms with E-state index in [1.807, 2.05) is 17.5 Å². The number of nitrogens with zero attached hydrogens (tertiary/aromatic N) is 3. The van der Waals surface area contributed by atoms with E-state index in [2.05, 4.69) is 20.4 Å². The van der Waals surface area contributed by atoms with Gasteiger partial charge in [-0.15, -0.1) is 21.5 Å². The zero-order chi connectivity index (χ0) is 14.9. The topological polar surface area (TPSA) is 71.3 Å². The van der Waals surface area contributed by atoms with Crippen molar-refractivity contribution in [3.8, 4) is 10.8 Å². The SMILES string of the molecule is O=C1CN(Cc2nnc(-c3cccs3)o2)C2CCCCC2N1. The normalized spacial score (nSPS) is 25.7. The van der Waals surface area contributed by atoms with Crippen LogP contribution in [0.1, 0.15) is 31.6 Å². The molecule has 0 radical (unpaired) electrons. The average Bonchev–Trinajstić information content (AvgIpc) is 3.17. The first-order valence-electron chi connectivity index (χ1n) is 7.69. The highest BCUT2D eigenvalue weighted by molar-refractivity contribution is 7.13. The Kier molecular flexibility index (Phi) is 3.67. The Morgan fingerprint density at radius 1 is 1.36 bits per heavy atom. The quantitative estimate of drug-likeness (QED) is 0.938. The van der Waals surface area contributed by atoms with E-state index in [4.69, 9.17) is 4.42 Å². The molecular weight excluding hydrogens is 300 g/mol. The molecule has 2 aliphatic rings. The highest BCUT2D eigenvalue weighted by atomic mass is 32.1. The van der Waals surface area contributed by atoms with Gasteiger partial charge in [-0.1, -0.05) is 18.9 Å². The van der Waals surface area contributed by atoms with E-state index in [-0.39, 0.29) is 11.9 Å². The van der Waals surface area contributed by atoms with Crippen LogP contribution in [0.2, 0.25) is 0 Å². The molecule has 1 aliphatic carbocycles. The summed E-state index contributed by atoms with van der Waals surface area (Å²) in [5, 5.41) is 13.4. The van der Waals surface area contributed by atoms with Crippen LogP contribution in [0.15, 0.2) is 21.9 Å². The van der Waals surface area contributed by atoms with Gasteiger partial charge in [-0.3, -0.25) is 9.69 Å². The smallest absolute Gasteiger partial charge is 0.257 e. The molecule has 2 atom stereocenters. The molecule has 116 valence electrons. The molecular formula is C15H18N4O2S. The van der Waals surface area contributed by atoms with Crippen LogP contribution in [0.5, 0.6) is 0 Å². The number of aromatic nitrogens is 2. The monoisotopic (exact) mass is 318 g/mol. The molecule has 0 aromatic carbocycles. The van der Waals surface area contributed by atoms with Crippen LogP contribution >= 0.6 is 11.3 Å². The van der Waals surface area contributed by atoms with Crippen LogP contribution < -0.4 is 5.32 Å². The molecule has 3 heterocycles. The standard InChI is InChI=1S/C15H18N4O2S/c20-13-8-19(11-5-2-1-4-10(11)16-13)9-14-17-18-15(21-14)12-6-3-7-22-12/h3,6-7,10-11H,1-2,4-5,8-9H2,(H,16,20). The van der Waals surface area contributed by atoms with Gasteiger partial charge in [-0.2, -0.15) is 0 Å². The van der Waals surface area contributed by atoms with E-state index < -0.39 is 0 Å². The summed E-state index contributed by atoms with van der Waals surface area (Å²) in [4.78, 5) is 15.1. The van der Waals surface area contributed by atoms with Crippen LogP contribution in [0, 0.1) is 0 Å². The van der Waals surface area contributed by atoms with E-state index in [1.54, 1.807) is 11.3 Å². The molecule has 2 fully saturated rings. The highest BCUT2D eigenvalue weighted by Crippen LogP contribution is 2.28. The summed E-state index contributed by atoms with van der Waals surface area (Å²) in [6, 6.07) is 4.59. The van der Waals surface area contributed by atoms with Gasteiger partial charge in [0.15, 0.2) is 0 Å². The van der Waals surface area contributed by atoms with Crippen LogP contribution in [-0.2, 0) is 11.3 Å². The second-order valence-corrected chi connectivity index (χ2v) is 6.86. The van der Waals surface area contributed by atoms with Crippen molar-refractivity contribution in [2.75, 3.05) is 6.54 Å². The number of thiophene rings is 1. The van der Waals surface area contributed by atoms with Crippen molar-refractivity contribution in [1.82, 2.24) is 20.4 Å². The third-order valence-electron chi connectivity index (χ3n) is 4.43. The van der Waals surface area contributed by atoms with E-state index in [0.29, 0.717) is 30.9 Å². The minimum absolute atomic E-state index is 0.0983. The van der Waals surface area contributed by atoms with Gasteiger partial charge in [-0.05, 0) is 24.3 Å². The maximum absolute atomic E-state index is 11.9. The van der Waals surface area contributed by atoms with Crippen molar-refractivity contribution in [2.45, 2.75) is 44.3 Å². The second kappa shape index (κ2) is 5.81. The fraction of sp³-hybridized carbons (Fsp3) is 0.533.